The number of hydrogen-bond donors (Lipinski definition) is 0. The van der Waals surface area contributed by atoms with Gasteiger partial charge in [-0.1, -0.05) is 66.2 Å². The van der Waals surface area contributed by atoms with E-state index in [-0.39, 0.29) is 29.2 Å². The van der Waals surface area contributed by atoms with Crippen molar-refractivity contribution in [2.45, 2.75) is 91.9 Å². The summed E-state index contributed by atoms with van der Waals surface area (Å²) in [4.78, 5) is 24.2. The molecular formula is C21H38O4. The zero-order valence-corrected chi connectivity index (χ0v) is 16.8. The van der Waals surface area contributed by atoms with Gasteiger partial charge in [-0.15, -0.1) is 0 Å². The molecule has 1 aliphatic rings. The van der Waals surface area contributed by atoms with Crippen LogP contribution in [-0.2, 0) is 19.1 Å². The monoisotopic (exact) mass is 354 g/mol. The topological polar surface area (TPSA) is 52.6 Å². The number of carbonyl (C=O) groups is 2. The largest absolute Gasteiger partial charge is 0.466 e. The van der Waals surface area contributed by atoms with Crippen LogP contribution in [0.25, 0.3) is 0 Å². The van der Waals surface area contributed by atoms with Crippen LogP contribution in [0.3, 0.4) is 0 Å². The second-order valence-corrected chi connectivity index (χ2v) is 8.02. The van der Waals surface area contributed by atoms with E-state index in [0.29, 0.717) is 19.6 Å². The van der Waals surface area contributed by atoms with Gasteiger partial charge in [0.05, 0.1) is 19.1 Å². The van der Waals surface area contributed by atoms with E-state index in [1.807, 2.05) is 0 Å². The van der Waals surface area contributed by atoms with Crippen LogP contribution in [0.2, 0.25) is 0 Å². The van der Waals surface area contributed by atoms with Gasteiger partial charge in [-0.2, -0.15) is 0 Å². The minimum atomic E-state index is -0.179. The second kappa shape index (κ2) is 11.5. The van der Waals surface area contributed by atoms with Crippen LogP contribution in [0.4, 0.5) is 0 Å². The lowest BCUT2D eigenvalue weighted by molar-refractivity contribution is -0.170. The molecule has 0 aromatic rings. The Morgan fingerprint density at radius 3 is 1.96 bits per heavy atom. The Labute approximate surface area is 154 Å². The molecule has 1 aliphatic carbocycles. The van der Waals surface area contributed by atoms with E-state index in [2.05, 4.69) is 27.7 Å². The van der Waals surface area contributed by atoms with E-state index in [9.17, 15) is 9.59 Å². The van der Waals surface area contributed by atoms with E-state index in [4.69, 9.17) is 9.47 Å². The molecule has 0 aromatic heterocycles. The van der Waals surface area contributed by atoms with Crippen LogP contribution >= 0.6 is 0 Å². The fourth-order valence-electron chi connectivity index (χ4n) is 3.54. The van der Waals surface area contributed by atoms with Crippen molar-refractivity contribution in [1.29, 1.82) is 0 Å². The SMILES string of the molecule is CCCCCCOC(=O)C[C@@H]1C[C@@H](C(=O)OCCCCCC)C1(C)C. The van der Waals surface area contributed by atoms with Crippen molar-refractivity contribution in [3.63, 3.8) is 0 Å². The van der Waals surface area contributed by atoms with E-state index >= 15 is 0 Å². The van der Waals surface area contributed by atoms with Gasteiger partial charge in [-0.25, -0.2) is 0 Å². The van der Waals surface area contributed by atoms with E-state index in [0.717, 1.165) is 32.1 Å². The molecule has 4 heteroatoms. The van der Waals surface area contributed by atoms with E-state index in [1.54, 1.807) is 0 Å². The van der Waals surface area contributed by atoms with Gasteiger partial charge in [-0.3, -0.25) is 9.59 Å². The van der Waals surface area contributed by atoms with Gasteiger partial charge in [-0.05, 0) is 30.6 Å². The first-order valence-electron chi connectivity index (χ1n) is 10.3. The van der Waals surface area contributed by atoms with Crippen molar-refractivity contribution in [1.82, 2.24) is 0 Å². The lowest BCUT2D eigenvalue weighted by Gasteiger charge is -2.50. The molecule has 0 unspecified atom stereocenters. The van der Waals surface area contributed by atoms with Gasteiger partial charge < -0.3 is 9.47 Å². The van der Waals surface area contributed by atoms with Crippen molar-refractivity contribution in [3.8, 4) is 0 Å². The summed E-state index contributed by atoms with van der Waals surface area (Å²) in [5, 5.41) is 0. The summed E-state index contributed by atoms with van der Waals surface area (Å²) in [5.41, 5.74) is -0.179. The summed E-state index contributed by atoms with van der Waals surface area (Å²) in [7, 11) is 0. The first kappa shape index (κ1) is 22.0. The fourth-order valence-corrected chi connectivity index (χ4v) is 3.54. The third-order valence-electron chi connectivity index (χ3n) is 5.67. The molecule has 0 amide bonds. The average Bonchev–Trinajstić information content (AvgIpc) is 2.57. The van der Waals surface area contributed by atoms with Gasteiger partial charge in [0, 0.05) is 6.42 Å². The van der Waals surface area contributed by atoms with Crippen molar-refractivity contribution in [2.75, 3.05) is 13.2 Å². The summed E-state index contributed by atoms with van der Waals surface area (Å²) in [6.07, 6.45) is 10.0. The number of carbonyl (C=O) groups excluding carboxylic acids is 2. The fraction of sp³-hybridized carbons (Fsp3) is 0.905. The molecule has 0 saturated heterocycles. The number of esters is 2. The highest BCUT2D eigenvalue weighted by Gasteiger charge is 2.53. The number of rotatable bonds is 13. The van der Waals surface area contributed by atoms with Crippen LogP contribution in [0, 0.1) is 17.3 Å². The molecule has 0 aliphatic heterocycles. The van der Waals surface area contributed by atoms with Crippen molar-refractivity contribution >= 4 is 11.9 Å². The summed E-state index contributed by atoms with van der Waals surface area (Å²) in [5.74, 6) is -0.0825. The quantitative estimate of drug-likeness (QED) is 0.333. The number of ether oxygens (including phenoxy) is 2. The summed E-state index contributed by atoms with van der Waals surface area (Å²) >= 11 is 0. The second-order valence-electron chi connectivity index (χ2n) is 8.02. The first-order valence-corrected chi connectivity index (χ1v) is 10.3. The lowest BCUT2D eigenvalue weighted by atomic mass is 9.54. The highest BCUT2D eigenvalue weighted by atomic mass is 16.5. The van der Waals surface area contributed by atoms with E-state index < -0.39 is 0 Å². The van der Waals surface area contributed by atoms with Crippen LogP contribution in [0.15, 0.2) is 0 Å². The average molecular weight is 355 g/mol. The Morgan fingerprint density at radius 1 is 0.880 bits per heavy atom. The van der Waals surface area contributed by atoms with Gasteiger partial charge in [0.2, 0.25) is 0 Å². The van der Waals surface area contributed by atoms with Crippen molar-refractivity contribution < 1.29 is 19.1 Å². The molecule has 0 spiro atoms. The Kier molecular flexibility index (Phi) is 10.1. The maximum absolute atomic E-state index is 12.2. The Morgan fingerprint density at radius 2 is 1.44 bits per heavy atom. The standard InChI is InChI=1S/C21H38O4/c1-5-7-9-11-13-24-19(22)16-17-15-18(21(17,3)4)20(23)25-14-12-10-8-6-2/h17-18H,5-16H2,1-4H3/t17-,18-/m0/s1. The number of hydrogen-bond acceptors (Lipinski definition) is 4. The molecule has 146 valence electrons. The van der Waals surface area contributed by atoms with Gasteiger partial charge >= 0.3 is 11.9 Å². The molecular weight excluding hydrogens is 316 g/mol. The number of unbranched alkanes of at least 4 members (excludes halogenated alkanes) is 6. The third kappa shape index (κ3) is 7.37. The molecule has 1 saturated carbocycles. The van der Waals surface area contributed by atoms with Crippen LogP contribution < -0.4 is 0 Å². The lowest BCUT2D eigenvalue weighted by Crippen LogP contribution is -2.50. The predicted octanol–water partition coefficient (Wildman–Crippen LogP) is 5.29. The van der Waals surface area contributed by atoms with Gasteiger partial charge in [0.1, 0.15) is 0 Å². The zero-order valence-electron chi connectivity index (χ0n) is 16.8. The molecule has 4 nitrogen and oxygen atoms in total. The molecule has 0 N–H and O–H groups in total. The summed E-state index contributed by atoms with van der Waals surface area (Å²) in [6, 6.07) is 0. The van der Waals surface area contributed by atoms with Gasteiger partial charge in [0.15, 0.2) is 0 Å². The van der Waals surface area contributed by atoms with Crippen LogP contribution in [0.5, 0.6) is 0 Å². The Bertz CT molecular complexity index is 403. The third-order valence-corrected chi connectivity index (χ3v) is 5.67. The van der Waals surface area contributed by atoms with Crippen LogP contribution in [0.1, 0.15) is 91.9 Å². The van der Waals surface area contributed by atoms with Crippen molar-refractivity contribution in [3.05, 3.63) is 0 Å². The molecule has 1 fully saturated rings. The highest BCUT2D eigenvalue weighted by Crippen LogP contribution is 2.53. The molecule has 0 bridgehead atoms. The summed E-state index contributed by atoms with van der Waals surface area (Å²) < 4.78 is 10.8. The smallest absolute Gasteiger partial charge is 0.309 e. The molecule has 0 aromatic carbocycles. The van der Waals surface area contributed by atoms with Gasteiger partial charge in [0.25, 0.3) is 0 Å². The Balaban J connectivity index is 2.23. The molecule has 25 heavy (non-hydrogen) atoms. The maximum Gasteiger partial charge on any atom is 0.309 e. The van der Waals surface area contributed by atoms with Crippen LogP contribution in [-0.4, -0.2) is 25.2 Å². The molecule has 1 rings (SSSR count). The first-order chi connectivity index (χ1) is 11.9. The summed E-state index contributed by atoms with van der Waals surface area (Å²) in [6.45, 7) is 9.51. The molecule has 2 atom stereocenters. The molecule has 0 heterocycles. The normalized spacial score (nSPS) is 21.4. The minimum absolute atomic E-state index is 0.0824. The minimum Gasteiger partial charge on any atom is -0.466 e. The Hall–Kier alpha value is -1.06. The molecule has 0 radical (unpaired) electrons. The van der Waals surface area contributed by atoms with E-state index in [1.165, 1.54) is 25.7 Å². The van der Waals surface area contributed by atoms with Crippen molar-refractivity contribution in [2.24, 2.45) is 17.3 Å². The maximum atomic E-state index is 12.2. The highest BCUT2D eigenvalue weighted by molar-refractivity contribution is 5.76. The predicted molar refractivity (Wildman–Crippen MR) is 100 cm³/mol. The zero-order chi connectivity index (χ0) is 18.7.